The van der Waals surface area contributed by atoms with Crippen molar-refractivity contribution in [3.05, 3.63) is 71.4 Å². The highest BCUT2D eigenvalue weighted by Crippen LogP contribution is 2.20. The van der Waals surface area contributed by atoms with Gasteiger partial charge in [0, 0.05) is 6.07 Å². The van der Waals surface area contributed by atoms with Crippen LogP contribution in [0.3, 0.4) is 0 Å². The lowest BCUT2D eigenvalue weighted by Gasteiger charge is -2.09. The van der Waals surface area contributed by atoms with E-state index in [9.17, 15) is 4.79 Å². The molecule has 2 heterocycles. The number of nitrogens with zero attached hydrogens (tertiary/aromatic N) is 6. The van der Waals surface area contributed by atoms with E-state index in [4.69, 9.17) is 4.74 Å². The molecular formula is C22H23N7O2S. The van der Waals surface area contributed by atoms with Crippen LogP contribution in [0.1, 0.15) is 16.8 Å². The number of thioether (sulfide) groups is 1. The maximum Gasteiger partial charge on any atom is 0.236 e. The van der Waals surface area contributed by atoms with E-state index in [2.05, 4.69) is 25.9 Å². The van der Waals surface area contributed by atoms with Gasteiger partial charge in [-0.25, -0.2) is 9.36 Å². The van der Waals surface area contributed by atoms with E-state index in [1.807, 2.05) is 68.4 Å². The van der Waals surface area contributed by atoms with Crippen LogP contribution in [0.25, 0.3) is 5.69 Å². The van der Waals surface area contributed by atoms with Gasteiger partial charge in [-0.3, -0.25) is 4.79 Å². The minimum Gasteiger partial charge on any atom is -0.497 e. The molecule has 0 radical (unpaired) electrons. The van der Waals surface area contributed by atoms with Crippen molar-refractivity contribution in [2.75, 3.05) is 18.2 Å². The predicted molar refractivity (Wildman–Crippen MR) is 122 cm³/mol. The van der Waals surface area contributed by atoms with Crippen molar-refractivity contribution in [2.24, 2.45) is 0 Å². The fourth-order valence-corrected chi connectivity index (χ4v) is 3.76. The Labute approximate surface area is 189 Å². The first-order valence-electron chi connectivity index (χ1n) is 9.97. The zero-order valence-electron chi connectivity index (χ0n) is 18.0. The molecule has 0 bridgehead atoms. The van der Waals surface area contributed by atoms with Crippen molar-refractivity contribution >= 4 is 23.5 Å². The standard InChI is InChI=1S/C22H23N7O2S/c1-15-4-8-18(9-5-15)29-20(12-16(2)25-29)23-21(30)14-32-22-24-26-27-28(22)13-17-6-10-19(31-3)11-7-17/h4-12H,13-14H2,1-3H3,(H,23,30). The summed E-state index contributed by atoms with van der Waals surface area (Å²) < 4.78 is 8.58. The second kappa shape index (κ2) is 9.65. The van der Waals surface area contributed by atoms with E-state index in [-0.39, 0.29) is 11.7 Å². The zero-order valence-corrected chi connectivity index (χ0v) is 18.8. The Morgan fingerprint density at radius 2 is 1.84 bits per heavy atom. The minimum atomic E-state index is -0.165. The van der Waals surface area contributed by atoms with Crippen molar-refractivity contribution in [1.82, 2.24) is 30.0 Å². The molecule has 0 aliphatic carbocycles. The molecule has 0 fully saturated rings. The number of rotatable bonds is 8. The molecule has 0 saturated carbocycles. The quantitative estimate of drug-likeness (QED) is 0.412. The van der Waals surface area contributed by atoms with E-state index >= 15 is 0 Å². The van der Waals surface area contributed by atoms with Crippen molar-refractivity contribution in [2.45, 2.75) is 25.5 Å². The van der Waals surface area contributed by atoms with Gasteiger partial charge < -0.3 is 10.1 Å². The number of aryl methyl sites for hydroxylation is 2. The molecule has 0 saturated heterocycles. The number of hydrogen-bond acceptors (Lipinski definition) is 7. The van der Waals surface area contributed by atoms with Crippen LogP contribution in [0.5, 0.6) is 5.75 Å². The van der Waals surface area contributed by atoms with E-state index in [0.29, 0.717) is 17.5 Å². The summed E-state index contributed by atoms with van der Waals surface area (Å²) in [6, 6.07) is 17.5. The molecule has 4 aromatic rings. The van der Waals surface area contributed by atoms with Gasteiger partial charge in [0.05, 0.1) is 30.8 Å². The lowest BCUT2D eigenvalue weighted by molar-refractivity contribution is -0.113. The lowest BCUT2D eigenvalue weighted by Crippen LogP contribution is -2.17. The number of nitrogens with one attached hydrogen (secondary N) is 1. The molecule has 0 atom stereocenters. The summed E-state index contributed by atoms with van der Waals surface area (Å²) in [7, 11) is 1.63. The van der Waals surface area contributed by atoms with E-state index < -0.39 is 0 Å². The molecule has 2 aromatic carbocycles. The number of carbonyl (C=O) groups excluding carboxylic acids is 1. The highest BCUT2D eigenvalue weighted by molar-refractivity contribution is 7.99. The molecule has 0 aliphatic heterocycles. The van der Waals surface area contributed by atoms with Gasteiger partial charge in [0.15, 0.2) is 0 Å². The maximum absolute atomic E-state index is 12.6. The molecule has 0 aliphatic rings. The molecule has 9 nitrogen and oxygen atoms in total. The van der Waals surface area contributed by atoms with E-state index in [1.54, 1.807) is 16.5 Å². The molecule has 1 N–H and O–H groups in total. The van der Waals surface area contributed by atoms with E-state index in [0.717, 1.165) is 28.3 Å². The van der Waals surface area contributed by atoms with Crippen molar-refractivity contribution in [1.29, 1.82) is 0 Å². The summed E-state index contributed by atoms with van der Waals surface area (Å²) in [5.74, 6) is 1.41. The predicted octanol–water partition coefficient (Wildman–Crippen LogP) is 3.26. The molecule has 2 aromatic heterocycles. The number of benzene rings is 2. The van der Waals surface area contributed by atoms with Crippen molar-refractivity contribution in [3.8, 4) is 11.4 Å². The van der Waals surface area contributed by atoms with Gasteiger partial charge >= 0.3 is 0 Å². The van der Waals surface area contributed by atoms with Crippen LogP contribution in [0.2, 0.25) is 0 Å². The van der Waals surface area contributed by atoms with Gasteiger partial charge in [-0.05, 0) is 54.1 Å². The molecule has 0 spiro atoms. The Hall–Kier alpha value is -3.66. The average Bonchev–Trinajstić information content (AvgIpc) is 3.39. The fourth-order valence-electron chi connectivity index (χ4n) is 3.08. The molecule has 164 valence electrons. The van der Waals surface area contributed by atoms with Gasteiger partial charge in [0.2, 0.25) is 11.1 Å². The number of aromatic nitrogens is 6. The number of ether oxygens (including phenoxy) is 1. The van der Waals surface area contributed by atoms with Crippen LogP contribution in [0.15, 0.2) is 59.8 Å². The van der Waals surface area contributed by atoms with Crippen LogP contribution in [-0.4, -0.2) is 48.8 Å². The summed E-state index contributed by atoms with van der Waals surface area (Å²) in [6.07, 6.45) is 0. The first-order chi connectivity index (χ1) is 15.5. The number of hydrogen-bond donors (Lipinski definition) is 1. The van der Waals surface area contributed by atoms with Gasteiger partial charge in [0.1, 0.15) is 11.6 Å². The van der Waals surface area contributed by atoms with Gasteiger partial charge in [-0.1, -0.05) is 41.6 Å². The van der Waals surface area contributed by atoms with Gasteiger partial charge in [0.25, 0.3) is 0 Å². The molecule has 10 heteroatoms. The first kappa shape index (κ1) is 21.6. The van der Waals surface area contributed by atoms with Crippen LogP contribution in [-0.2, 0) is 11.3 Å². The molecule has 4 rings (SSSR count). The SMILES string of the molecule is COc1ccc(Cn2nnnc2SCC(=O)Nc2cc(C)nn2-c2ccc(C)cc2)cc1. The second-order valence-corrected chi connectivity index (χ2v) is 8.16. The summed E-state index contributed by atoms with van der Waals surface area (Å²) in [6.45, 7) is 4.42. The van der Waals surface area contributed by atoms with Gasteiger partial charge in [-0.15, -0.1) is 5.10 Å². The Morgan fingerprint density at radius 3 is 2.56 bits per heavy atom. The highest BCUT2D eigenvalue weighted by atomic mass is 32.2. The van der Waals surface area contributed by atoms with Gasteiger partial charge in [-0.2, -0.15) is 5.10 Å². The van der Waals surface area contributed by atoms with Crippen molar-refractivity contribution in [3.63, 3.8) is 0 Å². The average molecular weight is 450 g/mol. The Kier molecular flexibility index (Phi) is 6.50. The Morgan fingerprint density at radius 1 is 1.09 bits per heavy atom. The summed E-state index contributed by atoms with van der Waals surface area (Å²) in [5, 5.41) is 19.8. The van der Waals surface area contributed by atoms with E-state index in [1.165, 1.54) is 11.8 Å². The summed E-state index contributed by atoms with van der Waals surface area (Å²) in [5.41, 5.74) is 3.89. The number of anilines is 1. The fraction of sp³-hybridized carbons (Fsp3) is 0.227. The number of methoxy groups -OCH3 is 1. The van der Waals surface area contributed by atoms with Crippen LogP contribution < -0.4 is 10.1 Å². The summed E-state index contributed by atoms with van der Waals surface area (Å²) >= 11 is 1.28. The van der Waals surface area contributed by atoms with Crippen LogP contribution in [0, 0.1) is 13.8 Å². The van der Waals surface area contributed by atoms with Crippen molar-refractivity contribution < 1.29 is 9.53 Å². The maximum atomic E-state index is 12.6. The molecule has 0 unspecified atom stereocenters. The normalized spacial score (nSPS) is 10.8. The number of tetrazole rings is 1. The lowest BCUT2D eigenvalue weighted by atomic mass is 10.2. The highest BCUT2D eigenvalue weighted by Gasteiger charge is 2.14. The molecule has 1 amide bonds. The molecular weight excluding hydrogens is 426 g/mol. The van der Waals surface area contributed by atoms with Crippen LogP contribution in [0.4, 0.5) is 5.82 Å². The number of amides is 1. The first-order valence-corrected chi connectivity index (χ1v) is 11.0. The number of carbonyl (C=O) groups is 1. The Balaban J connectivity index is 1.39. The monoisotopic (exact) mass is 449 g/mol. The van der Waals surface area contributed by atoms with Crippen LogP contribution >= 0.6 is 11.8 Å². The molecule has 32 heavy (non-hydrogen) atoms. The summed E-state index contributed by atoms with van der Waals surface area (Å²) in [4.78, 5) is 12.6. The third-order valence-electron chi connectivity index (χ3n) is 4.70. The topological polar surface area (TPSA) is 99.8 Å². The minimum absolute atomic E-state index is 0.165. The third-order valence-corrected chi connectivity index (χ3v) is 5.66. The second-order valence-electron chi connectivity index (χ2n) is 7.22. The Bertz CT molecular complexity index is 1200. The largest absolute Gasteiger partial charge is 0.497 e. The third kappa shape index (κ3) is 5.14. The smallest absolute Gasteiger partial charge is 0.236 e. The zero-order chi connectivity index (χ0) is 22.5.